The molecule has 1 aromatic heterocycles. The van der Waals surface area contributed by atoms with Gasteiger partial charge in [0.15, 0.2) is 0 Å². The molecule has 0 bridgehead atoms. The molecule has 0 fully saturated rings. The molecule has 6 heteroatoms. The molecule has 0 aliphatic heterocycles. The van der Waals surface area contributed by atoms with Gasteiger partial charge in [0.1, 0.15) is 0 Å². The van der Waals surface area contributed by atoms with Crippen molar-refractivity contribution in [2.45, 2.75) is 46.6 Å². The van der Waals surface area contributed by atoms with Gasteiger partial charge in [-0.3, -0.25) is 19.1 Å². The number of H-pyrrole nitrogens is 1. The van der Waals surface area contributed by atoms with Crippen LogP contribution in [0.25, 0.3) is 0 Å². The van der Waals surface area contributed by atoms with Crippen LogP contribution in [-0.2, 0) is 17.8 Å². The van der Waals surface area contributed by atoms with Crippen LogP contribution >= 0.6 is 0 Å². The van der Waals surface area contributed by atoms with Crippen LogP contribution in [0.15, 0.2) is 40.1 Å². The summed E-state index contributed by atoms with van der Waals surface area (Å²) in [6.45, 7) is 2.06. The van der Waals surface area contributed by atoms with Gasteiger partial charge in [-0.1, -0.05) is 31.7 Å². The van der Waals surface area contributed by atoms with E-state index in [1.165, 1.54) is 4.57 Å². The molecule has 0 amide bonds. The Balaban J connectivity index is 0.00000288. The lowest BCUT2D eigenvalue weighted by Gasteiger charge is -2.07. The molecule has 0 spiro atoms. The third kappa shape index (κ3) is 5.53. The summed E-state index contributed by atoms with van der Waals surface area (Å²) < 4.78 is 1.47. The van der Waals surface area contributed by atoms with E-state index in [0.29, 0.717) is 18.5 Å². The van der Waals surface area contributed by atoms with Crippen molar-refractivity contribution in [3.05, 3.63) is 68.0 Å². The second kappa shape index (κ2) is 8.86. The fourth-order valence-corrected chi connectivity index (χ4v) is 2.35. The summed E-state index contributed by atoms with van der Waals surface area (Å²) >= 11 is 0. The highest BCUT2D eigenvalue weighted by Gasteiger charge is 2.03. The Labute approximate surface area is 140 Å². The molecule has 24 heavy (non-hydrogen) atoms. The number of benzene rings is 1. The van der Waals surface area contributed by atoms with E-state index in [1.807, 2.05) is 24.3 Å². The molecular formula is C18H24N2O4. The van der Waals surface area contributed by atoms with Gasteiger partial charge >= 0.3 is 11.7 Å². The number of hydrogen-bond donors (Lipinski definition) is 2. The second-order valence-electron chi connectivity index (χ2n) is 5.62. The van der Waals surface area contributed by atoms with Gasteiger partial charge in [-0.05, 0) is 37.3 Å². The highest BCUT2D eigenvalue weighted by atomic mass is 16.4. The number of aliphatic carboxylic acids is 1. The molecule has 0 unspecified atom stereocenters. The van der Waals surface area contributed by atoms with E-state index in [4.69, 9.17) is 5.11 Å². The van der Waals surface area contributed by atoms with Crippen LogP contribution in [-0.4, -0.2) is 20.6 Å². The molecule has 0 saturated heterocycles. The van der Waals surface area contributed by atoms with Crippen molar-refractivity contribution >= 4 is 5.97 Å². The van der Waals surface area contributed by atoms with Crippen molar-refractivity contribution in [3.63, 3.8) is 0 Å². The predicted octanol–water partition coefficient (Wildman–Crippen LogP) is 2.33. The SMILES string of the molecule is C.Cc1cn(Cc2ccc(CCCCC(=O)O)cc2)c(=O)[nH]c1=O. The molecule has 0 saturated carbocycles. The Bertz CT molecular complexity index is 788. The molecule has 6 nitrogen and oxygen atoms in total. The van der Waals surface area contributed by atoms with E-state index in [0.717, 1.165) is 24.0 Å². The number of carbonyl (C=O) groups is 1. The molecule has 1 aromatic carbocycles. The molecule has 0 aliphatic carbocycles. The fourth-order valence-electron chi connectivity index (χ4n) is 2.35. The Morgan fingerprint density at radius 1 is 1.12 bits per heavy atom. The van der Waals surface area contributed by atoms with Gasteiger partial charge in [-0.25, -0.2) is 4.79 Å². The van der Waals surface area contributed by atoms with Crippen molar-refractivity contribution in [2.24, 2.45) is 0 Å². The zero-order chi connectivity index (χ0) is 16.8. The summed E-state index contributed by atoms with van der Waals surface area (Å²) in [5.41, 5.74) is 1.83. The first-order valence-corrected chi connectivity index (χ1v) is 7.55. The van der Waals surface area contributed by atoms with Gasteiger partial charge in [0, 0.05) is 18.2 Å². The maximum absolute atomic E-state index is 11.8. The Morgan fingerprint density at radius 3 is 2.38 bits per heavy atom. The number of aromatic nitrogens is 2. The first-order valence-electron chi connectivity index (χ1n) is 7.55. The summed E-state index contributed by atoms with van der Waals surface area (Å²) in [4.78, 5) is 35.8. The van der Waals surface area contributed by atoms with Gasteiger partial charge in [0.05, 0.1) is 6.54 Å². The standard InChI is InChI=1S/C17H20N2O4.CH4/c1-12-10-19(17(23)18-16(12)22)11-14-8-6-13(7-9-14)4-2-3-5-15(20)21;/h6-10H,2-5,11H2,1H3,(H,20,21)(H,18,22,23);1H4. The highest BCUT2D eigenvalue weighted by Crippen LogP contribution is 2.09. The van der Waals surface area contributed by atoms with Crippen LogP contribution in [0, 0.1) is 6.92 Å². The summed E-state index contributed by atoms with van der Waals surface area (Å²) in [6.07, 6.45) is 4.10. The van der Waals surface area contributed by atoms with E-state index < -0.39 is 11.7 Å². The second-order valence-corrected chi connectivity index (χ2v) is 5.62. The highest BCUT2D eigenvalue weighted by molar-refractivity contribution is 5.66. The van der Waals surface area contributed by atoms with Gasteiger partial charge in [-0.15, -0.1) is 0 Å². The van der Waals surface area contributed by atoms with Gasteiger partial charge in [0.2, 0.25) is 0 Å². The molecular weight excluding hydrogens is 308 g/mol. The zero-order valence-electron chi connectivity index (χ0n) is 13.0. The third-order valence-corrected chi connectivity index (χ3v) is 3.67. The molecule has 1 heterocycles. The predicted molar refractivity (Wildman–Crippen MR) is 93.5 cm³/mol. The van der Waals surface area contributed by atoms with E-state index in [9.17, 15) is 14.4 Å². The summed E-state index contributed by atoms with van der Waals surface area (Å²) in [5, 5.41) is 8.60. The Hall–Kier alpha value is -2.63. The number of aromatic amines is 1. The lowest BCUT2D eigenvalue weighted by molar-refractivity contribution is -0.137. The number of hydrogen-bond acceptors (Lipinski definition) is 3. The normalized spacial score (nSPS) is 10.2. The Kier molecular flexibility index (Phi) is 7.17. The minimum absolute atomic E-state index is 0. The lowest BCUT2D eigenvalue weighted by Crippen LogP contribution is -2.31. The first kappa shape index (κ1) is 19.4. The van der Waals surface area contributed by atoms with Crippen LogP contribution < -0.4 is 11.2 Å². The smallest absolute Gasteiger partial charge is 0.328 e. The number of nitrogens with zero attached hydrogens (tertiary/aromatic N) is 1. The number of unbranched alkanes of at least 4 members (excludes halogenated alkanes) is 1. The zero-order valence-corrected chi connectivity index (χ0v) is 13.0. The van der Waals surface area contributed by atoms with Crippen LogP contribution in [0.3, 0.4) is 0 Å². The molecule has 2 rings (SSSR count). The van der Waals surface area contributed by atoms with Gasteiger partial charge in [-0.2, -0.15) is 0 Å². The number of nitrogens with one attached hydrogen (secondary N) is 1. The van der Waals surface area contributed by atoms with Crippen molar-refractivity contribution in [1.29, 1.82) is 0 Å². The van der Waals surface area contributed by atoms with Crippen LogP contribution in [0.1, 0.15) is 43.4 Å². The first-order chi connectivity index (χ1) is 11.0. The van der Waals surface area contributed by atoms with Crippen molar-refractivity contribution in [3.8, 4) is 0 Å². The monoisotopic (exact) mass is 332 g/mol. The summed E-state index contributed by atoms with van der Waals surface area (Å²) in [5.74, 6) is -0.762. The average Bonchev–Trinajstić information content (AvgIpc) is 2.50. The molecule has 2 N–H and O–H groups in total. The number of aryl methyl sites for hydroxylation is 2. The lowest BCUT2D eigenvalue weighted by atomic mass is 10.1. The fraction of sp³-hybridized carbons (Fsp3) is 0.389. The quantitative estimate of drug-likeness (QED) is 0.761. The number of carboxylic acids is 1. The average molecular weight is 332 g/mol. The molecule has 2 aromatic rings. The van der Waals surface area contributed by atoms with Gasteiger partial charge < -0.3 is 5.11 Å². The number of rotatable bonds is 7. The van der Waals surface area contributed by atoms with E-state index in [1.54, 1.807) is 13.1 Å². The maximum Gasteiger partial charge on any atom is 0.328 e. The van der Waals surface area contributed by atoms with E-state index >= 15 is 0 Å². The van der Waals surface area contributed by atoms with Crippen molar-refractivity contribution in [2.75, 3.05) is 0 Å². The van der Waals surface area contributed by atoms with E-state index in [2.05, 4.69) is 4.98 Å². The summed E-state index contributed by atoms with van der Waals surface area (Å²) in [7, 11) is 0. The van der Waals surface area contributed by atoms with Crippen LogP contribution in [0.5, 0.6) is 0 Å². The van der Waals surface area contributed by atoms with Crippen molar-refractivity contribution in [1.82, 2.24) is 9.55 Å². The molecule has 0 atom stereocenters. The largest absolute Gasteiger partial charge is 0.481 e. The topological polar surface area (TPSA) is 92.2 Å². The third-order valence-electron chi connectivity index (χ3n) is 3.67. The van der Waals surface area contributed by atoms with Crippen LogP contribution in [0.4, 0.5) is 0 Å². The molecule has 0 aliphatic rings. The Morgan fingerprint density at radius 2 is 1.75 bits per heavy atom. The maximum atomic E-state index is 11.8. The molecule has 0 radical (unpaired) electrons. The number of carboxylic acid groups (broad SMARTS) is 1. The van der Waals surface area contributed by atoms with Crippen LogP contribution in [0.2, 0.25) is 0 Å². The summed E-state index contributed by atoms with van der Waals surface area (Å²) in [6, 6.07) is 7.86. The minimum Gasteiger partial charge on any atom is -0.481 e. The molecule has 130 valence electrons. The minimum atomic E-state index is -0.762. The van der Waals surface area contributed by atoms with Gasteiger partial charge in [0.25, 0.3) is 5.56 Å². The van der Waals surface area contributed by atoms with E-state index in [-0.39, 0.29) is 19.4 Å². The van der Waals surface area contributed by atoms with Crippen molar-refractivity contribution < 1.29 is 9.90 Å².